The van der Waals surface area contributed by atoms with E-state index in [2.05, 4.69) is 15.1 Å². The van der Waals surface area contributed by atoms with Crippen molar-refractivity contribution >= 4 is 5.97 Å². The summed E-state index contributed by atoms with van der Waals surface area (Å²) in [5, 5.41) is 11.8. The van der Waals surface area contributed by atoms with Gasteiger partial charge >= 0.3 is 5.97 Å². The third-order valence-corrected chi connectivity index (χ3v) is 3.56. The number of aliphatic carboxylic acids is 1. The third-order valence-electron chi connectivity index (χ3n) is 3.56. The van der Waals surface area contributed by atoms with Crippen molar-refractivity contribution in [2.45, 2.75) is 24.9 Å². The van der Waals surface area contributed by atoms with E-state index in [-0.39, 0.29) is 0 Å². The van der Waals surface area contributed by atoms with Gasteiger partial charge in [-0.1, -0.05) is 0 Å². The second kappa shape index (κ2) is 5.12. The maximum atomic E-state index is 10.9. The van der Waals surface area contributed by atoms with Gasteiger partial charge in [0, 0.05) is 38.8 Å². The largest absolute Gasteiger partial charge is 0.480 e. The van der Waals surface area contributed by atoms with Crippen molar-refractivity contribution < 1.29 is 9.90 Å². The Morgan fingerprint density at radius 2 is 2.00 bits per heavy atom. The number of carboxylic acids is 1. The highest BCUT2D eigenvalue weighted by Crippen LogP contribution is 2.27. The number of nitrogens with zero attached hydrogens (tertiary/aromatic N) is 2. The van der Waals surface area contributed by atoms with Crippen molar-refractivity contribution in [3.05, 3.63) is 0 Å². The summed E-state index contributed by atoms with van der Waals surface area (Å²) in [5.41, 5.74) is 0. The number of rotatable bonds is 5. The first-order valence-corrected chi connectivity index (χ1v) is 6.07. The SMILES string of the molecule is CNC(CN1CCN(C2CC2)CC1)C(=O)O. The van der Waals surface area contributed by atoms with Crippen LogP contribution in [0, 0.1) is 0 Å². The zero-order valence-corrected chi connectivity index (χ0v) is 9.85. The molecule has 5 heteroatoms. The summed E-state index contributed by atoms with van der Waals surface area (Å²) in [7, 11) is 1.71. The summed E-state index contributed by atoms with van der Waals surface area (Å²) in [6.45, 7) is 4.82. The first kappa shape index (κ1) is 11.8. The first-order chi connectivity index (χ1) is 7.70. The van der Waals surface area contributed by atoms with Crippen LogP contribution in [0.2, 0.25) is 0 Å². The predicted molar refractivity (Wildman–Crippen MR) is 61.5 cm³/mol. The lowest BCUT2D eigenvalue weighted by Crippen LogP contribution is -2.52. The van der Waals surface area contributed by atoms with Gasteiger partial charge in [0.1, 0.15) is 6.04 Å². The molecule has 0 aromatic carbocycles. The highest BCUT2D eigenvalue weighted by molar-refractivity contribution is 5.73. The maximum Gasteiger partial charge on any atom is 0.322 e. The molecule has 1 saturated heterocycles. The van der Waals surface area contributed by atoms with E-state index < -0.39 is 12.0 Å². The summed E-state index contributed by atoms with van der Waals surface area (Å²) in [4.78, 5) is 15.7. The predicted octanol–water partition coefficient (Wildman–Crippen LogP) is -0.561. The average Bonchev–Trinajstić information content (AvgIpc) is 3.10. The van der Waals surface area contributed by atoms with Crippen molar-refractivity contribution in [3.8, 4) is 0 Å². The fraction of sp³-hybridized carbons (Fsp3) is 0.909. The molecule has 0 bridgehead atoms. The van der Waals surface area contributed by atoms with Gasteiger partial charge in [-0.05, 0) is 19.9 Å². The zero-order chi connectivity index (χ0) is 11.5. The molecule has 1 aliphatic heterocycles. The number of hydrogen-bond donors (Lipinski definition) is 2. The number of carbonyl (C=O) groups is 1. The van der Waals surface area contributed by atoms with E-state index in [0.29, 0.717) is 6.54 Å². The second-order valence-electron chi connectivity index (χ2n) is 4.75. The molecular weight excluding hydrogens is 206 g/mol. The van der Waals surface area contributed by atoms with Crippen LogP contribution < -0.4 is 5.32 Å². The van der Waals surface area contributed by atoms with Gasteiger partial charge in [0.25, 0.3) is 0 Å². The fourth-order valence-corrected chi connectivity index (χ4v) is 2.30. The molecule has 2 fully saturated rings. The van der Waals surface area contributed by atoms with Crippen LogP contribution in [0.3, 0.4) is 0 Å². The van der Waals surface area contributed by atoms with Crippen molar-refractivity contribution in [1.82, 2.24) is 15.1 Å². The molecule has 92 valence electrons. The van der Waals surface area contributed by atoms with Crippen LogP contribution in [0.25, 0.3) is 0 Å². The van der Waals surface area contributed by atoms with E-state index in [4.69, 9.17) is 5.11 Å². The van der Waals surface area contributed by atoms with Gasteiger partial charge in [0.15, 0.2) is 0 Å². The Hall–Kier alpha value is -0.650. The minimum absolute atomic E-state index is 0.438. The molecule has 0 spiro atoms. The molecule has 1 aliphatic carbocycles. The van der Waals surface area contributed by atoms with E-state index in [9.17, 15) is 4.79 Å². The molecule has 2 aliphatic rings. The van der Waals surface area contributed by atoms with Gasteiger partial charge < -0.3 is 10.4 Å². The lowest BCUT2D eigenvalue weighted by atomic mass is 10.2. The highest BCUT2D eigenvalue weighted by atomic mass is 16.4. The molecule has 2 N–H and O–H groups in total. The first-order valence-electron chi connectivity index (χ1n) is 6.07. The molecule has 1 heterocycles. The quantitative estimate of drug-likeness (QED) is 0.659. The Morgan fingerprint density at radius 1 is 1.38 bits per heavy atom. The lowest BCUT2D eigenvalue weighted by molar-refractivity contribution is -0.140. The van der Waals surface area contributed by atoms with Crippen LogP contribution in [0.1, 0.15) is 12.8 Å². The number of hydrogen-bond acceptors (Lipinski definition) is 4. The van der Waals surface area contributed by atoms with Crippen molar-refractivity contribution in [2.75, 3.05) is 39.8 Å². The van der Waals surface area contributed by atoms with Crippen molar-refractivity contribution in [3.63, 3.8) is 0 Å². The summed E-state index contributed by atoms with van der Waals surface area (Å²) in [6.07, 6.45) is 2.71. The van der Waals surface area contributed by atoms with E-state index in [1.54, 1.807) is 7.05 Å². The minimum atomic E-state index is -0.757. The summed E-state index contributed by atoms with van der Waals surface area (Å²) in [5.74, 6) is -0.757. The number of piperazine rings is 1. The lowest BCUT2D eigenvalue weighted by Gasteiger charge is -2.35. The summed E-state index contributed by atoms with van der Waals surface area (Å²) < 4.78 is 0. The van der Waals surface area contributed by atoms with Crippen LogP contribution >= 0.6 is 0 Å². The summed E-state index contributed by atoms with van der Waals surface area (Å²) >= 11 is 0. The molecular formula is C11H21N3O2. The van der Waals surface area contributed by atoms with Gasteiger partial charge in [-0.25, -0.2) is 0 Å². The van der Waals surface area contributed by atoms with Gasteiger partial charge in [0.2, 0.25) is 0 Å². The maximum absolute atomic E-state index is 10.9. The molecule has 1 saturated carbocycles. The smallest absolute Gasteiger partial charge is 0.322 e. The average molecular weight is 227 g/mol. The Bertz CT molecular complexity index is 248. The van der Waals surface area contributed by atoms with Gasteiger partial charge in [-0.2, -0.15) is 0 Å². The van der Waals surface area contributed by atoms with Crippen molar-refractivity contribution in [2.24, 2.45) is 0 Å². The monoisotopic (exact) mass is 227 g/mol. The molecule has 1 atom stereocenters. The van der Waals surface area contributed by atoms with Crippen LogP contribution in [0.15, 0.2) is 0 Å². The molecule has 0 radical (unpaired) electrons. The molecule has 16 heavy (non-hydrogen) atoms. The standard InChI is InChI=1S/C11H21N3O2/c1-12-10(11(15)16)8-13-4-6-14(7-5-13)9-2-3-9/h9-10,12H,2-8H2,1H3,(H,15,16). The second-order valence-corrected chi connectivity index (χ2v) is 4.75. The van der Waals surface area contributed by atoms with E-state index >= 15 is 0 Å². The Morgan fingerprint density at radius 3 is 2.44 bits per heavy atom. The number of nitrogens with one attached hydrogen (secondary N) is 1. The highest BCUT2D eigenvalue weighted by Gasteiger charge is 2.31. The normalized spacial score (nSPS) is 25.6. The topological polar surface area (TPSA) is 55.8 Å². The molecule has 0 aromatic rings. The van der Waals surface area contributed by atoms with Crippen LogP contribution in [-0.2, 0) is 4.79 Å². The number of carboxylic acid groups (broad SMARTS) is 1. The zero-order valence-electron chi connectivity index (χ0n) is 9.85. The van der Waals surface area contributed by atoms with E-state index in [1.165, 1.54) is 12.8 Å². The minimum Gasteiger partial charge on any atom is -0.480 e. The fourth-order valence-electron chi connectivity index (χ4n) is 2.30. The Kier molecular flexibility index (Phi) is 3.78. The van der Waals surface area contributed by atoms with Crippen LogP contribution in [0.4, 0.5) is 0 Å². The third kappa shape index (κ3) is 2.93. The van der Waals surface area contributed by atoms with Gasteiger partial charge in [0.05, 0.1) is 0 Å². The molecule has 0 amide bonds. The van der Waals surface area contributed by atoms with E-state index in [1.807, 2.05) is 0 Å². The van der Waals surface area contributed by atoms with Gasteiger partial charge in [-0.3, -0.25) is 14.6 Å². The van der Waals surface area contributed by atoms with Crippen molar-refractivity contribution in [1.29, 1.82) is 0 Å². The molecule has 2 rings (SSSR count). The molecule has 5 nitrogen and oxygen atoms in total. The van der Waals surface area contributed by atoms with E-state index in [0.717, 1.165) is 32.2 Å². The Balaban J connectivity index is 1.73. The van der Waals surface area contributed by atoms with Crippen LogP contribution in [0.5, 0.6) is 0 Å². The van der Waals surface area contributed by atoms with Crippen LogP contribution in [-0.4, -0.2) is 72.7 Å². The summed E-state index contributed by atoms with van der Waals surface area (Å²) in [6, 6.07) is 0.397. The van der Waals surface area contributed by atoms with Gasteiger partial charge in [-0.15, -0.1) is 0 Å². The Labute approximate surface area is 96.4 Å². The molecule has 0 aromatic heterocycles. The molecule has 1 unspecified atom stereocenters. The number of likely N-dealkylation sites (N-methyl/N-ethyl adjacent to an activating group) is 1.